The lowest BCUT2D eigenvalue weighted by Crippen LogP contribution is -2.20. The molecule has 0 bridgehead atoms. The largest absolute Gasteiger partial charge is 0.483 e. The van der Waals surface area contributed by atoms with Crippen molar-refractivity contribution in [2.45, 2.75) is 18.7 Å². The molecule has 110 valence electrons. The van der Waals surface area contributed by atoms with Gasteiger partial charge in [-0.3, -0.25) is 4.79 Å². The van der Waals surface area contributed by atoms with Gasteiger partial charge in [-0.25, -0.2) is 0 Å². The summed E-state index contributed by atoms with van der Waals surface area (Å²) in [6.45, 7) is 4.06. The van der Waals surface area contributed by atoms with Crippen LogP contribution in [0.4, 0.5) is 5.69 Å². The van der Waals surface area contributed by atoms with E-state index in [9.17, 15) is 4.79 Å². The van der Waals surface area contributed by atoms with Crippen LogP contribution in [0.25, 0.3) is 0 Å². The van der Waals surface area contributed by atoms with Crippen molar-refractivity contribution in [3.8, 4) is 5.75 Å². The molecule has 21 heavy (non-hydrogen) atoms. The molecule has 4 heteroatoms. The van der Waals surface area contributed by atoms with E-state index in [1.165, 1.54) is 0 Å². The fraction of sp³-hybridized carbons (Fsp3) is 0.235. The number of nitrogens with one attached hydrogen (secondary N) is 1. The Hall–Kier alpha value is -1.94. The van der Waals surface area contributed by atoms with Gasteiger partial charge in [0.25, 0.3) is 5.91 Å². The van der Waals surface area contributed by atoms with E-state index in [2.05, 4.69) is 12.2 Å². The number of carbonyl (C=O) groups is 1. The minimum Gasteiger partial charge on any atom is -0.483 e. The maximum absolute atomic E-state index is 12.0. The van der Waals surface area contributed by atoms with Gasteiger partial charge >= 0.3 is 0 Å². The highest BCUT2D eigenvalue weighted by molar-refractivity contribution is 7.99. The number of carbonyl (C=O) groups excluding carboxylic acids is 1. The molecule has 0 unspecified atom stereocenters. The summed E-state index contributed by atoms with van der Waals surface area (Å²) < 4.78 is 5.55. The lowest BCUT2D eigenvalue weighted by molar-refractivity contribution is -0.118. The van der Waals surface area contributed by atoms with Gasteiger partial charge in [0.2, 0.25) is 0 Å². The monoisotopic (exact) mass is 301 g/mol. The summed E-state index contributed by atoms with van der Waals surface area (Å²) in [5.41, 5.74) is 1.86. The van der Waals surface area contributed by atoms with Crippen molar-refractivity contribution in [1.29, 1.82) is 0 Å². The molecular weight excluding hydrogens is 282 g/mol. The minimum atomic E-state index is -0.151. The van der Waals surface area contributed by atoms with Gasteiger partial charge in [-0.15, -0.1) is 11.8 Å². The molecule has 3 nitrogen and oxygen atoms in total. The zero-order valence-corrected chi connectivity index (χ0v) is 13.1. The molecule has 2 aromatic carbocycles. The summed E-state index contributed by atoms with van der Waals surface area (Å²) in [5, 5.41) is 2.90. The minimum absolute atomic E-state index is 0.00990. The molecule has 0 aliphatic rings. The van der Waals surface area contributed by atoms with Crippen LogP contribution >= 0.6 is 11.8 Å². The fourth-order valence-corrected chi connectivity index (χ4v) is 2.66. The molecule has 0 aliphatic heterocycles. The number of para-hydroxylation sites is 2. The summed E-state index contributed by atoms with van der Waals surface area (Å²) in [6, 6.07) is 15.5. The number of hydrogen-bond acceptors (Lipinski definition) is 3. The van der Waals surface area contributed by atoms with Gasteiger partial charge in [0.15, 0.2) is 6.61 Å². The van der Waals surface area contributed by atoms with Gasteiger partial charge in [-0.1, -0.05) is 37.3 Å². The number of aryl methyl sites for hydroxylation is 1. The highest BCUT2D eigenvalue weighted by Gasteiger charge is 2.08. The maximum atomic E-state index is 12.0. The number of benzene rings is 2. The van der Waals surface area contributed by atoms with Crippen molar-refractivity contribution < 1.29 is 9.53 Å². The van der Waals surface area contributed by atoms with E-state index in [1.54, 1.807) is 11.8 Å². The molecule has 0 saturated heterocycles. The van der Waals surface area contributed by atoms with Crippen LogP contribution in [0.15, 0.2) is 53.4 Å². The Labute approximate surface area is 129 Å². The first-order valence-corrected chi connectivity index (χ1v) is 7.89. The number of rotatable bonds is 6. The Morgan fingerprint density at radius 2 is 1.86 bits per heavy atom. The molecule has 0 heterocycles. The number of anilines is 1. The molecule has 0 saturated carbocycles. The highest BCUT2D eigenvalue weighted by atomic mass is 32.2. The normalized spacial score (nSPS) is 10.2. The molecule has 2 rings (SSSR count). The van der Waals surface area contributed by atoms with Crippen molar-refractivity contribution in [2.75, 3.05) is 17.7 Å². The van der Waals surface area contributed by atoms with Gasteiger partial charge < -0.3 is 10.1 Å². The first-order chi connectivity index (χ1) is 10.2. The number of amides is 1. The highest BCUT2D eigenvalue weighted by Crippen LogP contribution is 2.26. The molecule has 0 aliphatic carbocycles. The quantitative estimate of drug-likeness (QED) is 0.815. The van der Waals surface area contributed by atoms with E-state index in [-0.39, 0.29) is 12.5 Å². The first-order valence-electron chi connectivity index (χ1n) is 6.91. The van der Waals surface area contributed by atoms with Gasteiger partial charge in [-0.2, -0.15) is 0 Å². The van der Waals surface area contributed by atoms with E-state index in [0.717, 1.165) is 27.6 Å². The lowest BCUT2D eigenvalue weighted by Gasteiger charge is -2.11. The van der Waals surface area contributed by atoms with Gasteiger partial charge in [0, 0.05) is 4.90 Å². The average molecular weight is 301 g/mol. The van der Waals surface area contributed by atoms with E-state index < -0.39 is 0 Å². The summed E-state index contributed by atoms with van der Waals surface area (Å²) in [4.78, 5) is 13.1. The van der Waals surface area contributed by atoms with Crippen molar-refractivity contribution in [3.63, 3.8) is 0 Å². The predicted octanol–water partition coefficient (Wildman–Crippen LogP) is 4.12. The second-order valence-corrected chi connectivity index (χ2v) is 5.84. The third-order valence-electron chi connectivity index (χ3n) is 2.91. The number of thioether (sulfide) groups is 1. The SMILES string of the molecule is CCSc1ccccc1NC(=O)COc1ccccc1C. The zero-order valence-electron chi connectivity index (χ0n) is 12.3. The van der Waals surface area contributed by atoms with E-state index >= 15 is 0 Å². The van der Waals surface area contributed by atoms with Crippen LogP contribution in [0, 0.1) is 6.92 Å². The predicted molar refractivity (Wildman–Crippen MR) is 88.1 cm³/mol. The van der Waals surface area contributed by atoms with Crippen LogP contribution in [-0.2, 0) is 4.79 Å². The molecule has 1 amide bonds. The second kappa shape index (κ2) is 7.74. The van der Waals surface area contributed by atoms with Gasteiger partial charge in [0.05, 0.1) is 5.69 Å². The number of hydrogen-bond donors (Lipinski definition) is 1. The van der Waals surface area contributed by atoms with Crippen molar-refractivity contribution in [3.05, 3.63) is 54.1 Å². The van der Waals surface area contributed by atoms with Gasteiger partial charge in [0.1, 0.15) is 5.75 Å². The summed E-state index contributed by atoms with van der Waals surface area (Å²) in [5.74, 6) is 1.55. The molecule has 0 aromatic heterocycles. The molecule has 0 radical (unpaired) electrons. The smallest absolute Gasteiger partial charge is 0.262 e. The van der Waals surface area contributed by atoms with E-state index in [1.807, 2.05) is 55.5 Å². The van der Waals surface area contributed by atoms with Crippen molar-refractivity contribution >= 4 is 23.4 Å². The van der Waals surface area contributed by atoms with E-state index in [4.69, 9.17) is 4.74 Å². The standard InChI is InChI=1S/C17H19NO2S/c1-3-21-16-11-7-5-9-14(16)18-17(19)12-20-15-10-6-4-8-13(15)2/h4-11H,3,12H2,1-2H3,(H,18,19). The molecule has 0 fully saturated rings. The van der Waals surface area contributed by atoms with Crippen LogP contribution in [0.1, 0.15) is 12.5 Å². The third kappa shape index (κ3) is 4.53. The summed E-state index contributed by atoms with van der Waals surface area (Å²) in [7, 11) is 0. The van der Waals surface area contributed by atoms with Crippen LogP contribution in [0.3, 0.4) is 0 Å². The van der Waals surface area contributed by atoms with Crippen LogP contribution in [-0.4, -0.2) is 18.3 Å². The summed E-state index contributed by atoms with van der Waals surface area (Å²) in [6.07, 6.45) is 0. The molecule has 0 atom stereocenters. The fourth-order valence-electron chi connectivity index (χ4n) is 1.90. The first kappa shape index (κ1) is 15.4. The molecule has 0 spiro atoms. The van der Waals surface area contributed by atoms with Crippen LogP contribution in [0.5, 0.6) is 5.75 Å². The molecule has 1 N–H and O–H groups in total. The topological polar surface area (TPSA) is 38.3 Å². The van der Waals surface area contributed by atoms with Crippen LogP contribution < -0.4 is 10.1 Å². The Kier molecular flexibility index (Phi) is 5.69. The molecule has 2 aromatic rings. The van der Waals surface area contributed by atoms with E-state index in [0.29, 0.717) is 0 Å². The van der Waals surface area contributed by atoms with Crippen LogP contribution in [0.2, 0.25) is 0 Å². The van der Waals surface area contributed by atoms with Crippen molar-refractivity contribution in [2.24, 2.45) is 0 Å². The third-order valence-corrected chi connectivity index (χ3v) is 3.87. The zero-order chi connectivity index (χ0) is 15.1. The number of ether oxygens (including phenoxy) is 1. The maximum Gasteiger partial charge on any atom is 0.262 e. The molecular formula is C17H19NO2S. The Morgan fingerprint density at radius 1 is 1.14 bits per heavy atom. The lowest BCUT2D eigenvalue weighted by atomic mass is 10.2. The van der Waals surface area contributed by atoms with Crippen molar-refractivity contribution in [1.82, 2.24) is 0 Å². The Morgan fingerprint density at radius 3 is 2.62 bits per heavy atom. The summed E-state index contributed by atoms with van der Waals surface area (Å²) >= 11 is 1.71. The Balaban J connectivity index is 1.95. The second-order valence-electron chi connectivity index (χ2n) is 4.53. The average Bonchev–Trinajstić information content (AvgIpc) is 2.49. The Bertz CT molecular complexity index is 613. The van der Waals surface area contributed by atoms with Gasteiger partial charge in [-0.05, 0) is 36.4 Å².